The zero-order valence-corrected chi connectivity index (χ0v) is 70.9. The van der Waals surface area contributed by atoms with Gasteiger partial charge < -0.3 is 48.5 Å². The third-order valence-corrected chi connectivity index (χ3v) is 30.5. The number of hydrogen-bond donors (Lipinski definition) is 3. The first-order chi connectivity index (χ1) is 56.4. The van der Waals surface area contributed by atoms with Gasteiger partial charge in [0.25, 0.3) is 0 Å². The minimum Gasteiger partial charge on any atom is -0.462 e. The lowest BCUT2D eigenvalue weighted by Crippen LogP contribution is -2.42. The van der Waals surface area contributed by atoms with E-state index in [0.29, 0.717) is 98.8 Å². The number of nitrogens with zero attached hydrogens (tertiary/aromatic N) is 3. The summed E-state index contributed by atoms with van der Waals surface area (Å²) in [6.45, 7) is 9.38. The van der Waals surface area contributed by atoms with Crippen LogP contribution in [-0.4, -0.2) is 193 Å². The predicted molar refractivity (Wildman–Crippen MR) is 445 cm³/mol. The van der Waals surface area contributed by atoms with Gasteiger partial charge in [0.2, 0.25) is 30.1 Å². The van der Waals surface area contributed by atoms with Gasteiger partial charge >= 0.3 is 17.9 Å². The average Bonchev–Trinajstić information content (AvgIpc) is 1.75. The third-order valence-electron chi connectivity index (χ3n) is 24.6. The van der Waals surface area contributed by atoms with Crippen LogP contribution < -0.4 is 0 Å². The molecule has 638 valence electrons. The number of aryl methyl sites for hydroxylation is 6. The Bertz CT molecular complexity index is 4520. The highest BCUT2D eigenvalue weighted by Crippen LogP contribution is 2.39. The number of carbonyl (C=O) groups is 3. The van der Waals surface area contributed by atoms with Gasteiger partial charge in [-0.25, -0.2) is 25.3 Å². The van der Waals surface area contributed by atoms with Gasteiger partial charge in [-0.05, 0) is 175 Å². The molecule has 0 aromatic heterocycles. The van der Waals surface area contributed by atoms with Crippen molar-refractivity contribution in [2.75, 3.05) is 72.3 Å². The lowest BCUT2D eigenvalue weighted by Gasteiger charge is -2.30. The lowest BCUT2D eigenvalue weighted by atomic mass is 9.90. The van der Waals surface area contributed by atoms with Crippen molar-refractivity contribution in [1.29, 1.82) is 0 Å². The summed E-state index contributed by atoms with van der Waals surface area (Å²) in [6.07, 6.45) is 14.5. The Morgan fingerprint density at radius 1 is 0.419 bits per heavy atom. The van der Waals surface area contributed by atoms with Crippen molar-refractivity contribution in [3.63, 3.8) is 0 Å². The lowest BCUT2D eigenvalue weighted by molar-refractivity contribution is -0.153. The highest BCUT2D eigenvalue weighted by Gasteiger charge is 2.46. The van der Waals surface area contributed by atoms with Gasteiger partial charge in [0, 0.05) is 76.5 Å². The Kier molecular flexibility index (Phi) is 32.9. The van der Waals surface area contributed by atoms with Gasteiger partial charge in [-0.15, -0.1) is 0 Å². The molecule has 1 saturated carbocycles. The summed E-state index contributed by atoms with van der Waals surface area (Å²) in [6, 6.07) is 45.6. The van der Waals surface area contributed by atoms with E-state index in [4.69, 9.17) is 33.2 Å². The normalized spacial score (nSPS) is 25.0. The topological polar surface area (TPSA) is 289 Å². The van der Waals surface area contributed by atoms with E-state index >= 15 is 0 Å². The summed E-state index contributed by atoms with van der Waals surface area (Å²) in [5.74, 6) is -2.13. The molecular weight excluding hydrogens is 1550 g/mol. The molecule has 0 amide bonds. The number of hydrogen-bond acceptors (Lipinski definition) is 19. The van der Waals surface area contributed by atoms with Gasteiger partial charge in [0.15, 0.2) is 6.29 Å². The molecule has 13 atom stereocenters. The van der Waals surface area contributed by atoms with E-state index in [1.54, 1.807) is 18.2 Å². The number of aliphatic hydroxyl groups excluding tert-OH is 3. The Labute approximate surface area is 693 Å². The fourth-order valence-electron chi connectivity index (χ4n) is 18.0. The fourth-order valence-corrected chi connectivity index (χ4v) is 23.2. The van der Waals surface area contributed by atoms with E-state index in [-0.39, 0.29) is 87.5 Å². The van der Waals surface area contributed by atoms with E-state index in [9.17, 15) is 55.0 Å². The molecule has 1 aliphatic carbocycles. The molecular formula is C92H123N3O19S3. The number of aliphatic hydroxyl groups is 3. The van der Waals surface area contributed by atoms with E-state index < -0.39 is 72.1 Å². The molecule has 6 aromatic rings. The summed E-state index contributed by atoms with van der Waals surface area (Å²) in [5, 5.41) is 34.5. The van der Waals surface area contributed by atoms with Gasteiger partial charge in [-0.1, -0.05) is 183 Å². The maximum Gasteiger partial charge on any atom is 0.306 e. The van der Waals surface area contributed by atoms with Crippen LogP contribution in [0.3, 0.4) is 0 Å². The summed E-state index contributed by atoms with van der Waals surface area (Å²) < 4.78 is 127. The Morgan fingerprint density at radius 3 is 1.20 bits per heavy atom. The molecule has 5 fully saturated rings. The minimum absolute atomic E-state index is 0.0101. The Hall–Kier alpha value is -6.82. The van der Waals surface area contributed by atoms with Crippen molar-refractivity contribution in [2.24, 2.45) is 29.6 Å². The molecule has 4 saturated heterocycles. The number of benzene rings is 6. The zero-order chi connectivity index (χ0) is 82.5. The highest BCUT2D eigenvalue weighted by atomic mass is 32.2. The first-order valence-electron chi connectivity index (χ1n) is 42.9. The van der Waals surface area contributed by atoms with Crippen LogP contribution in [0.15, 0.2) is 160 Å². The molecule has 0 radical (unpaired) electrons. The van der Waals surface area contributed by atoms with Crippen LogP contribution in [0.1, 0.15) is 178 Å². The molecule has 0 spiro atoms. The molecule has 7 heterocycles. The van der Waals surface area contributed by atoms with Crippen molar-refractivity contribution in [3.8, 4) is 0 Å². The first kappa shape index (κ1) is 89.4. The molecule has 7 aliphatic heterocycles. The molecule has 8 aliphatic rings. The molecule has 25 heteroatoms. The second-order valence-corrected chi connectivity index (χ2v) is 39.4. The van der Waals surface area contributed by atoms with Crippen LogP contribution >= 0.6 is 0 Å². The van der Waals surface area contributed by atoms with Crippen molar-refractivity contribution < 1.29 is 88.1 Å². The molecule has 3 unspecified atom stereocenters. The van der Waals surface area contributed by atoms with Gasteiger partial charge in [0.1, 0.15) is 18.3 Å². The van der Waals surface area contributed by atoms with Crippen LogP contribution in [0.25, 0.3) is 0 Å². The van der Waals surface area contributed by atoms with Crippen LogP contribution in [0, 0.1) is 50.4 Å². The zero-order valence-electron chi connectivity index (χ0n) is 68.5. The second-order valence-electron chi connectivity index (χ2n) is 33.6. The number of fused-ring (bicyclic) bond motifs is 5. The second kappa shape index (κ2) is 43.1. The number of esters is 3. The van der Waals surface area contributed by atoms with E-state index in [1.807, 2.05) is 148 Å². The Balaban J connectivity index is 0.000000162. The number of sulfonamides is 3. The monoisotopic (exact) mass is 1670 g/mol. The number of rotatable bonds is 24. The molecule has 117 heavy (non-hydrogen) atoms. The quantitative estimate of drug-likeness (QED) is 0.0375. The third kappa shape index (κ3) is 25.2. The van der Waals surface area contributed by atoms with E-state index in [2.05, 4.69) is 0 Å². The standard InChI is InChI=1S/C32H43NO6S.C31H41NO7S.C29H39NO6S/c1-23-12-13-31-26(17-23)11-7-2-3-8-15-33(40(31,36)37)22-29(34)27(18-24-9-5-4-6-10-24)20-32(35)39-28-19-25-14-16-38-30(25)21-28;1-22-12-13-29-24(17-22)11-7-2-3-8-15-32(40(29,35)36)20-27(33)25(18-23-9-5-4-6-10-23)19-30(34)39-28-21-38-31-26(28)14-16-37-31;1-22-12-13-28-24(17-22)11-7-2-3-8-15-30(37(28,33)34)20-27(31)25(18-23-9-5-4-6-10-23)19-29(32)36-26-14-16-35-21-26/h4-6,9-10,12-13,17,25,27-30,34H,2-3,7-8,11,14-16,18-22H2,1H3;4-6,9-10,12-13,17,25-28,31,33H,2-3,7-8,11,14-16,18-21H2,1H3;4-6,9-10,12-13,17,25-27,31H,2-3,7-8,11,14-16,18-21H2,1H3/t25?,27-,28-,29-,30-;25-,26?,27-,28+,31?;25-,26+,27-/m111/s1. The molecule has 0 bridgehead atoms. The van der Waals surface area contributed by atoms with Crippen molar-refractivity contribution >= 4 is 48.0 Å². The smallest absolute Gasteiger partial charge is 0.306 e. The SMILES string of the molecule is Cc1ccc2c(c1)CCCCCCN(C[C@@H](O)[C@@H](CC(=O)O[C@@H]1CC3CCO[C@@H]3C1)Cc1ccccc1)S2(=O)=O.Cc1ccc2c(c1)CCCCCCN(C[C@@H](O)[C@@H](CC(=O)O[C@H]1CCOC1)Cc1ccccc1)S2(=O)=O.Cc1ccc2c(c1)CCCCCCN(C[C@@H](O)[C@@H](CC(=O)O[C@H]1COC3OCCC31)Cc1ccccc1)S2(=O)=O. The largest absolute Gasteiger partial charge is 0.462 e. The summed E-state index contributed by atoms with van der Waals surface area (Å²) in [5.41, 5.74) is 8.56. The summed E-state index contributed by atoms with van der Waals surface area (Å²) >= 11 is 0. The fraction of sp³-hybridized carbons (Fsp3) is 0.576. The van der Waals surface area contributed by atoms with Gasteiger partial charge in [-0.3, -0.25) is 14.4 Å². The van der Waals surface area contributed by atoms with Crippen LogP contribution in [-0.2, 0) is 116 Å². The van der Waals surface area contributed by atoms with Gasteiger partial charge in [-0.2, -0.15) is 12.9 Å². The maximum atomic E-state index is 13.9. The minimum atomic E-state index is -3.83. The average molecular weight is 1670 g/mol. The maximum absolute atomic E-state index is 13.9. The van der Waals surface area contributed by atoms with Crippen LogP contribution in [0.5, 0.6) is 0 Å². The van der Waals surface area contributed by atoms with Crippen molar-refractivity contribution in [1.82, 2.24) is 12.9 Å². The number of carbonyl (C=O) groups excluding carboxylic acids is 3. The van der Waals surface area contributed by atoms with Crippen molar-refractivity contribution in [3.05, 3.63) is 196 Å². The molecule has 3 N–H and O–H groups in total. The van der Waals surface area contributed by atoms with Crippen LogP contribution in [0.2, 0.25) is 0 Å². The van der Waals surface area contributed by atoms with E-state index in [1.165, 1.54) is 12.9 Å². The predicted octanol–water partition coefficient (Wildman–Crippen LogP) is 12.9. The van der Waals surface area contributed by atoms with Crippen molar-refractivity contribution in [2.45, 2.75) is 251 Å². The van der Waals surface area contributed by atoms with E-state index in [0.717, 1.165) is 172 Å². The molecule has 6 aromatic carbocycles. The first-order valence-corrected chi connectivity index (χ1v) is 47.2. The summed E-state index contributed by atoms with van der Waals surface area (Å²) in [4.78, 5) is 40.0. The highest BCUT2D eigenvalue weighted by molar-refractivity contribution is 7.89. The molecule has 14 rings (SSSR count). The summed E-state index contributed by atoms with van der Waals surface area (Å²) in [7, 11) is -11.5. The van der Waals surface area contributed by atoms with Gasteiger partial charge in [0.05, 0.1) is 90.7 Å². The molecule has 22 nitrogen and oxygen atoms in total. The number of ether oxygens (including phenoxy) is 7. The van der Waals surface area contributed by atoms with Crippen LogP contribution in [0.4, 0.5) is 0 Å². The Morgan fingerprint density at radius 2 is 0.803 bits per heavy atom. The number of β-amino-alcohol motifs (C(OH)–C–C–N with tert-alkyl or cyclic N) is 3.